The number of hydrogen-bond acceptors (Lipinski definition) is 3. The number of nitrogens with two attached hydrogens (primary N) is 1. The van der Waals surface area contributed by atoms with Gasteiger partial charge >= 0.3 is 0 Å². The van der Waals surface area contributed by atoms with Gasteiger partial charge in [0.25, 0.3) is 0 Å². The zero-order chi connectivity index (χ0) is 8.10. The molecule has 0 aliphatic heterocycles. The fourth-order valence-electron chi connectivity index (χ4n) is 0.810. The lowest BCUT2D eigenvalue weighted by molar-refractivity contribution is -0.120. The van der Waals surface area contributed by atoms with Crippen molar-refractivity contribution < 1.29 is 4.79 Å². The quantitative estimate of drug-likeness (QED) is 0.440. The summed E-state index contributed by atoms with van der Waals surface area (Å²) in [6, 6.07) is 0.460. The van der Waals surface area contributed by atoms with Gasteiger partial charge in [-0.2, -0.15) is 0 Å². The highest BCUT2D eigenvalue weighted by Crippen LogP contribution is 2.17. The maximum atomic E-state index is 11.0. The molecule has 0 unspecified atom stereocenters. The van der Waals surface area contributed by atoms with Crippen LogP contribution in [0.1, 0.15) is 12.8 Å². The molecule has 0 aromatic rings. The minimum absolute atomic E-state index is 0.0842. The Labute approximate surface area is 66.5 Å². The third kappa shape index (κ3) is 3.95. The average Bonchev–Trinajstić information content (AvgIpc) is 2.72. The highest BCUT2D eigenvalue weighted by atomic mass is 16.2. The third-order valence-electron chi connectivity index (χ3n) is 1.55. The molecule has 64 valence electrons. The number of carbonyl (C=O) groups is 1. The Balaban J connectivity index is 1.92. The first-order valence-corrected chi connectivity index (χ1v) is 4.03. The summed E-state index contributed by atoms with van der Waals surface area (Å²) in [6.07, 6.45) is 2.28. The summed E-state index contributed by atoms with van der Waals surface area (Å²) in [6.45, 7) is 1.68. The summed E-state index contributed by atoms with van der Waals surface area (Å²) in [4.78, 5) is 11.0. The molecule has 0 aromatic heterocycles. The highest BCUT2D eigenvalue weighted by Gasteiger charge is 2.22. The number of nitrogens with one attached hydrogen (secondary N) is 2. The van der Waals surface area contributed by atoms with E-state index >= 15 is 0 Å². The molecule has 1 aliphatic carbocycles. The smallest absolute Gasteiger partial charge is 0.234 e. The second kappa shape index (κ2) is 4.31. The van der Waals surface area contributed by atoms with Crippen LogP contribution in [-0.4, -0.2) is 31.6 Å². The van der Waals surface area contributed by atoms with Crippen LogP contribution in [0.2, 0.25) is 0 Å². The molecule has 1 fully saturated rings. The van der Waals surface area contributed by atoms with Crippen molar-refractivity contribution in [3.63, 3.8) is 0 Å². The van der Waals surface area contributed by atoms with Crippen LogP contribution < -0.4 is 16.4 Å². The Morgan fingerprint density at radius 1 is 1.55 bits per heavy atom. The van der Waals surface area contributed by atoms with Gasteiger partial charge in [-0.25, -0.2) is 0 Å². The molecule has 4 N–H and O–H groups in total. The van der Waals surface area contributed by atoms with Crippen molar-refractivity contribution in [1.82, 2.24) is 10.6 Å². The Kier molecular flexibility index (Phi) is 3.32. The molecule has 4 nitrogen and oxygen atoms in total. The Morgan fingerprint density at radius 2 is 2.27 bits per heavy atom. The number of rotatable bonds is 5. The van der Waals surface area contributed by atoms with Crippen LogP contribution in [0, 0.1) is 0 Å². The zero-order valence-electron chi connectivity index (χ0n) is 6.60. The van der Waals surface area contributed by atoms with Crippen molar-refractivity contribution in [3.05, 3.63) is 0 Å². The molecule has 0 atom stereocenters. The number of hydrogen-bond donors (Lipinski definition) is 3. The Morgan fingerprint density at radius 3 is 2.82 bits per heavy atom. The van der Waals surface area contributed by atoms with Gasteiger partial charge in [-0.15, -0.1) is 0 Å². The van der Waals surface area contributed by atoms with E-state index in [9.17, 15) is 4.79 Å². The standard InChI is InChI=1S/C7H15N3O/c8-3-4-9-5-7(11)10-6-1-2-6/h6,9H,1-5,8H2,(H,10,11). The molecule has 0 spiro atoms. The van der Waals surface area contributed by atoms with Gasteiger partial charge in [0.2, 0.25) is 5.91 Å². The first kappa shape index (κ1) is 8.49. The summed E-state index contributed by atoms with van der Waals surface area (Å²) in [5.74, 6) is 0.0842. The van der Waals surface area contributed by atoms with E-state index in [1.807, 2.05) is 0 Å². The molecule has 0 heterocycles. The second-order valence-electron chi connectivity index (χ2n) is 2.81. The molecule has 1 amide bonds. The normalized spacial score (nSPS) is 16.5. The predicted molar refractivity (Wildman–Crippen MR) is 43.1 cm³/mol. The molecular formula is C7H15N3O. The van der Waals surface area contributed by atoms with Crippen LogP contribution in [0.25, 0.3) is 0 Å². The molecule has 1 rings (SSSR count). The zero-order valence-corrected chi connectivity index (χ0v) is 6.60. The molecular weight excluding hydrogens is 142 g/mol. The van der Waals surface area contributed by atoms with Crippen molar-refractivity contribution in [2.24, 2.45) is 5.73 Å². The predicted octanol–water partition coefficient (Wildman–Crippen LogP) is -1.19. The van der Waals surface area contributed by atoms with Crippen molar-refractivity contribution in [1.29, 1.82) is 0 Å². The van der Waals surface area contributed by atoms with Crippen LogP contribution in [0.5, 0.6) is 0 Å². The van der Waals surface area contributed by atoms with Crippen molar-refractivity contribution in [2.45, 2.75) is 18.9 Å². The summed E-state index contributed by atoms with van der Waals surface area (Å²) in [7, 11) is 0. The van der Waals surface area contributed by atoms with Crippen molar-refractivity contribution in [3.8, 4) is 0 Å². The van der Waals surface area contributed by atoms with Crippen LogP contribution >= 0.6 is 0 Å². The summed E-state index contributed by atoms with van der Waals surface area (Å²) >= 11 is 0. The molecule has 0 bridgehead atoms. The van der Waals surface area contributed by atoms with Crippen LogP contribution in [0.15, 0.2) is 0 Å². The van der Waals surface area contributed by atoms with Crippen LogP contribution in [0.4, 0.5) is 0 Å². The van der Waals surface area contributed by atoms with Crippen molar-refractivity contribution >= 4 is 5.91 Å². The SMILES string of the molecule is NCCNCC(=O)NC1CC1. The van der Waals surface area contributed by atoms with Gasteiger partial charge in [0.05, 0.1) is 6.54 Å². The topological polar surface area (TPSA) is 67.1 Å². The lowest BCUT2D eigenvalue weighted by atomic mass is 10.5. The largest absolute Gasteiger partial charge is 0.352 e. The summed E-state index contributed by atoms with van der Waals surface area (Å²) in [5, 5.41) is 5.80. The van der Waals surface area contributed by atoms with E-state index < -0.39 is 0 Å². The number of amides is 1. The lowest BCUT2D eigenvalue weighted by Gasteiger charge is -2.03. The molecule has 11 heavy (non-hydrogen) atoms. The fraction of sp³-hybridized carbons (Fsp3) is 0.857. The van der Waals surface area contributed by atoms with E-state index in [2.05, 4.69) is 10.6 Å². The van der Waals surface area contributed by atoms with Gasteiger partial charge < -0.3 is 16.4 Å². The first-order valence-electron chi connectivity index (χ1n) is 4.03. The summed E-state index contributed by atoms with van der Waals surface area (Å²) in [5.41, 5.74) is 5.23. The molecule has 1 saturated carbocycles. The minimum Gasteiger partial charge on any atom is -0.352 e. The number of carbonyl (C=O) groups excluding carboxylic acids is 1. The second-order valence-corrected chi connectivity index (χ2v) is 2.81. The minimum atomic E-state index is 0.0842. The maximum absolute atomic E-state index is 11.0. The molecule has 0 aromatic carbocycles. The van der Waals surface area contributed by atoms with E-state index in [1.165, 1.54) is 0 Å². The van der Waals surface area contributed by atoms with E-state index in [0.717, 1.165) is 12.8 Å². The Hall–Kier alpha value is -0.610. The van der Waals surface area contributed by atoms with Crippen molar-refractivity contribution in [2.75, 3.05) is 19.6 Å². The molecule has 0 saturated heterocycles. The van der Waals surface area contributed by atoms with E-state index in [-0.39, 0.29) is 5.91 Å². The monoisotopic (exact) mass is 157 g/mol. The van der Waals surface area contributed by atoms with Gasteiger partial charge in [-0.1, -0.05) is 0 Å². The van der Waals surface area contributed by atoms with Crippen LogP contribution in [-0.2, 0) is 4.79 Å². The van der Waals surface area contributed by atoms with Gasteiger partial charge in [0, 0.05) is 19.1 Å². The van der Waals surface area contributed by atoms with E-state index in [4.69, 9.17) is 5.73 Å². The average molecular weight is 157 g/mol. The fourth-order valence-corrected chi connectivity index (χ4v) is 0.810. The third-order valence-corrected chi connectivity index (χ3v) is 1.55. The Bertz CT molecular complexity index is 134. The lowest BCUT2D eigenvalue weighted by Crippen LogP contribution is -2.36. The van der Waals surface area contributed by atoms with E-state index in [1.54, 1.807) is 0 Å². The maximum Gasteiger partial charge on any atom is 0.234 e. The van der Waals surface area contributed by atoms with Gasteiger partial charge in [-0.05, 0) is 12.8 Å². The van der Waals surface area contributed by atoms with E-state index in [0.29, 0.717) is 25.7 Å². The van der Waals surface area contributed by atoms with Gasteiger partial charge in [-0.3, -0.25) is 4.79 Å². The molecule has 1 aliphatic rings. The summed E-state index contributed by atoms with van der Waals surface area (Å²) < 4.78 is 0. The highest BCUT2D eigenvalue weighted by molar-refractivity contribution is 5.78. The first-order chi connectivity index (χ1) is 5.33. The van der Waals surface area contributed by atoms with Crippen LogP contribution in [0.3, 0.4) is 0 Å². The molecule has 0 radical (unpaired) electrons. The molecule has 4 heteroatoms. The van der Waals surface area contributed by atoms with Gasteiger partial charge in [0.1, 0.15) is 0 Å². The van der Waals surface area contributed by atoms with Gasteiger partial charge in [0.15, 0.2) is 0 Å².